The summed E-state index contributed by atoms with van der Waals surface area (Å²) in [6.45, 7) is 2.15. The molecule has 1 saturated heterocycles. The van der Waals surface area contributed by atoms with Crippen molar-refractivity contribution in [3.63, 3.8) is 0 Å². The highest BCUT2D eigenvalue weighted by Gasteiger charge is 2.22. The van der Waals surface area contributed by atoms with Gasteiger partial charge < -0.3 is 5.73 Å². The highest BCUT2D eigenvalue weighted by molar-refractivity contribution is 9.10. The number of nitrogens with zero attached hydrogens (tertiary/aromatic N) is 1. The van der Waals surface area contributed by atoms with E-state index in [0.717, 1.165) is 36.0 Å². The Morgan fingerprint density at radius 1 is 1.25 bits per heavy atom. The first kappa shape index (κ1) is 15.2. The summed E-state index contributed by atoms with van der Waals surface area (Å²) in [4.78, 5) is 25.3. The second-order valence-electron chi connectivity index (χ2n) is 5.29. The SMILES string of the molecule is NC(=O)CC1CCN(CC(=O)c2ccccc2Br)CC1. The van der Waals surface area contributed by atoms with Crippen LogP contribution in [-0.4, -0.2) is 36.2 Å². The number of carbonyl (C=O) groups is 2. The van der Waals surface area contributed by atoms with Crippen molar-refractivity contribution in [3.8, 4) is 0 Å². The fraction of sp³-hybridized carbons (Fsp3) is 0.467. The Labute approximate surface area is 127 Å². The van der Waals surface area contributed by atoms with Crippen LogP contribution in [0.25, 0.3) is 0 Å². The van der Waals surface area contributed by atoms with E-state index in [1.807, 2.05) is 24.3 Å². The minimum absolute atomic E-state index is 0.130. The minimum atomic E-state index is -0.229. The number of hydrogen-bond acceptors (Lipinski definition) is 3. The van der Waals surface area contributed by atoms with Crippen LogP contribution in [-0.2, 0) is 4.79 Å². The van der Waals surface area contributed by atoms with E-state index in [1.165, 1.54) is 0 Å². The van der Waals surface area contributed by atoms with Gasteiger partial charge in [-0.25, -0.2) is 0 Å². The van der Waals surface area contributed by atoms with Crippen LogP contribution in [0, 0.1) is 5.92 Å². The molecule has 0 aliphatic carbocycles. The van der Waals surface area contributed by atoms with Crippen LogP contribution in [0.2, 0.25) is 0 Å². The zero-order valence-electron chi connectivity index (χ0n) is 11.3. The number of Topliss-reactive ketones (excluding diaryl/α,β-unsaturated/α-hetero) is 1. The predicted molar refractivity (Wildman–Crippen MR) is 81.4 cm³/mol. The van der Waals surface area contributed by atoms with Crippen LogP contribution in [0.4, 0.5) is 0 Å². The van der Waals surface area contributed by atoms with Crippen LogP contribution in [0.5, 0.6) is 0 Å². The molecular weight excluding hydrogens is 320 g/mol. The van der Waals surface area contributed by atoms with Gasteiger partial charge in [0.1, 0.15) is 0 Å². The number of halogens is 1. The molecule has 1 aromatic rings. The van der Waals surface area contributed by atoms with Crippen molar-refractivity contribution >= 4 is 27.6 Å². The van der Waals surface area contributed by atoms with E-state index in [1.54, 1.807) is 0 Å². The number of benzene rings is 1. The summed E-state index contributed by atoms with van der Waals surface area (Å²) in [5, 5.41) is 0. The first-order chi connectivity index (χ1) is 9.56. The molecule has 0 aromatic heterocycles. The van der Waals surface area contributed by atoms with Crippen molar-refractivity contribution in [2.75, 3.05) is 19.6 Å². The summed E-state index contributed by atoms with van der Waals surface area (Å²) in [5.74, 6) is 0.279. The topological polar surface area (TPSA) is 63.4 Å². The highest BCUT2D eigenvalue weighted by Crippen LogP contribution is 2.21. The van der Waals surface area contributed by atoms with Crippen molar-refractivity contribution in [2.24, 2.45) is 11.7 Å². The lowest BCUT2D eigenvalue weighted by Gasteiger charge is -2.30. The lowest BCUT2D eigenvalue weighted by Crippen LogP contribution is -2.38. The van der Waals surface area contributed by atoms with Gasteiger partial charge in [0.2, 0.25) is 5.91 Å². The molecule has 108 valence electrons. The van der Waals surface area contributed by atoms with Gasteiger partial charge in [-0.05, 0) is 37.9 Å². The molecule has 1 aromatic carbocycles. The third-order valence-electron chi connectivity index (χ3n) is 3.74. The van der Waals surface area contributed by atoms with Crippen LogP contribution in [0.1, 0.15) is 29.6 Å². The predicted octanol–water partition coefficient (Wildman–Crippen LogP) is 2.22. The molecule has 1 aliphatic heterocycles. The Kier molecular flexibility index (Phi) is 5.31. The Morgan fingerprint density at radius 2 is 1.90 bits per heavy atom. The Bertz CT molecular complexity index is 496. The molecule has 2 N–H and O–H groups in total. The molecular formula is C15H19BrN2O2. The lowest BCUT2D eigenvalue weighted by molar-refractivity contribution is -0.119. The molecule has 5 heteroatoms. The number of ketones is 1. The Morgan fingerprint density at radius 3 is 2.50 bits per heavy atom. The third-order valence-corrected chi connectivity index (χ3v) is 4.43. The van der Waals surface area contributed by atoms with E-state index in [9.17, 15) is 9.59 Å². The Hall–Kier alpha value is -1.20. The largest absolute Gasteiger partial charge is 0.370 e. The van der Waals surface area contributed by atoms with E-state index in [0.29, 0.717) is 18.9 Å². The van der Waals surface area contributed by atoms with E-state index >= 15 is 0 Å². The molecule has 0 bridgehead atoms. The monoisotopic (exact) mass is 338 g/mol. The maximum absolute atomic E-state index is 12.2. The average Bonchev–Trinajstić information content (AvgIpc) is 2.41. The fourth-order valence-corrected chi connectivity index (χ4v) is 3.11. The van der Waals surface area contributed by atoms with Gasteiger partial charge in [-0.1, -0.05) is 34.1 Å². The zero-order valence-corrected chi connectivity index (χ0v) is 12.9. The molecule has 1 amide bonds. The summed E-state index contributed by atoms with van der Waals surface area (Å²) >= 11 is 3.41. The number of nitrogens with two attached hydrogens (primary N) is 1. The summed E-state index contributed by atoms with van der Waals surface area (Å²) in [6.07, 6.45) is 2.34. The third kappa shape index (κ3) is 4.15. The van der Waals surface area contributed by atoms with E-state index < -0.39 is 0 Å². The molecule has 2 rings (SSSR count). The first-order valence-corrected chi connectivity index (χ1v) is 7.64. The van der Waals surface area contributed by atoms with Crippen LogP contribution in [0.15, 0.2) is 28.7 Å². The molecule has 0 radical (unpaired) electrons. The highest BCUT2D eigenvalue weighted by atomic mass is 79.9. The molecule has 0 saturated carbocycles. The van der Waals surface area contributed by atoms with E-state index in [-0.39, 0.29) is 11.7 Å². The fourth-order valence-electron chi connectivity index (χ4n) is 2.61. The van der Waals surface area contributed by atoms with Crippen molar-refractivity contribution < 1.29 is 9.59 Å². The number of rotatable bonds is 5. The van der Waals surface area contributed by atoms with Gasteiger partial charge in [0.15, 0.2) is 5.78 Å². The summed E-state index contributed by atoms with van der Waals surface area (Å²) in [7, 11) is 0. The van der Waals surface area contributed by atoms with Crippen molar-refractivity contribution in [3.05, 3.63) is 34.3 Å². The minimum Gasteiger partial charge on any atom is -0.370 e. The van der Waals surface area contributed by atoms with Gasteiger partial charge in [0.05, 0.1) is 6.54 Å². The first-order valence-electron chi connectivity index (χ1n) is 6.84. The van der Waals surface area contributed by atoms with Gasteiger partial charge in [-0.15, -0.1) is 0 Å². The number of primary amides is 1. The zero-order chi connectivity index (χ0) is 14.5. The second-order valence-corrected chi connectivity index (χ2v) is 6.15. The van der Waals surface area contributed by atoms with Gasteiger partial charge in [0.25, 0.3) is 0 Å². The smallest absolute Gasteiger partial charge is 0.217 e. The Balaban J connectivity index is 1.85. The van der Waals surface area contributed by atoms with Gasteiger partial charge in [-0.2, -0.15) is 0 Å². The average molecular weight is 339 g/mol. The maximum Gasteiger partial charge on any atom is 0.217 e. The van der Waals surface area contributed by atoms with Crippen LogP contribution < -0.4 is 5.73 Å². The number of amides is 1. The summed E-state index contributed by atoms with van der Waals surface area (Å²) < 4.78 is 0.841. The molecule has 0 atom stereocenters. The maximum atomic E-state index is 12.2. The molecule has 20 heavy (non-hydrogen) atoms. The standard InChI is InChI=1S/C15H19BrN2O2/c16-13-4-2-1-3-12(13)14(19)10-18-7-5-11(6-8-18)9-15(17)20/h1-4,11H,5-10H2,(H2,17,20). The number of hydrogen-bond donors (Lipinski definition) is 1. The van der Waals surface area contributed by atoms with Gasteiger partial charge in [0, 0.05) is 16.5 Å². The summed E-state index contributed by atoms with van der Waals surface area (Å²) in [5.41, 5.74) is 5.95. The van der Waals surface area contributed by atoms with Gasteiger partial charge in [-0.3, -0.25) is 14.5 Å². The molecule has 1 fully saturated rings. The quantitative estimate of drug-likeness (QED) is 0.837. The van der Waals surface area contributed by atoms with Gasteiger partial charge >= 0.3 is 0 Å². The number of carbonyl (C=O) groups excluding carboxylic acids is 2. The molecule has 0 spiro atoms. The number of piperidine rings is 1. The van der Waals surface area contributed by atoms with Crippen LogP contribution in [0.3, 0.4) is 0 Å². The van der Waals surface area contributed by atoms with Crippen molar-refractivity contribution in [2.45, 2.75) is 19.3 Å². The number of likely N-dealkylation sites (tertiary alicyclic amines) is 1. The van der Waals surface area contributed by atoms with Crippen LogP contribution >= 0.6 is 15.9 Å². The molecule has 0 unspecified atom stereocenters. The van der Waals surface area contributed by atoms with E-state index in [4.69, 9.17) is 5.73 Å². The molecule has 1 aliphatic rings. The van der Waals surface area contributed by atoms with Crippen molar-refractivity contribution in [1.82, 2.24) is 4.90 Å². The van der Waals surface area contributed by atoms with Crippen molar-refractivity contribution in [1.29, 1.82) is 0 Å². The molecule has 4 nitrogen and oxygen atoms in total. The second kappa shape index (κ2) is 6.99. The van der Waals surface area contributed by atoms with E-state index in [2.05, 4.69) is 20.8 Å². The molecule has 1 heterocycles. The lowest BCUT2D eigenvalue weighted by atomic mass is 9.93. The normalized spacial score (nSPS) is 17.1. The summed E-state index contributed by atoms with van der Waals surface area (Å²) in [6, 6.07) is 7.49.